The molecular weight excluding hydrogens is 156 g/mol. The molecule has 0 bridgehead atoms. The van der Waals surface area contributed by atoms with Crippen LogP contribution >= 0.6 is 11.3 Å². The Labute approximate surface area is 69.7 Å². The van der Waals surface area contributed by atoms with E-state index in [0.717, 1.165) is 11.3 Å². The first-order valence-corrected chi connectivity index (χ1v) is 4.47. The van der Waals surface area contributed by atoms with Crippen molar-refractivity contribution in [1.82, 2.24) is 0 Å². The number of thiophene rings is 1. The minimum Gasteiger partial charge on any atom is -0.398 e. The first-order chi connectivity index (χ1) is 5.27. The van der Waals surface area contributed by atoms with E-state index in [1.54, 1.807) is 11.3 Å². The third kappa shape index (κ3) is 1.01. The van der Waals surface area contributed by atoms with Gasteiger partial charge in [0.2, 0.25) is 0 Å². The number of hydrogen-bond acceptors (Lipinski definition) is 3. The van der Waals surface area contributed by atoms with Gasteiger partial charge in [-0.15, -0.1) is 11.3 Å². The lowest BCUT2D eigenvalue weighted by molar-refractivity contribution is 0.991. The molecule has 1 unspecified atom stereocenters. The van der Waals surface area contributed by atoms with Gasteiger partial charge >= 0.3 is 0 Å². The van der Waals surface area contributed by atoms with Gasteiger partial charge in [0.15, 0.2) is 0 Å². The second-order valence-corrected chi connectivity index (χ2v) is 3.63. The minimum absolute atomic E-state index is 0.362. The molecule has 3 N–H and O–H groups in total. The van der Waals surface area contributed by atoms with Gasteiger partial charge in [0, 0.05) is 17.3 Å². The highest BCUT2D eigenvalue weighted by Crippen LogP contribution is 2.31. The number of hydrogen-bond donors (Lipinski definition) is 2. The Kier molecular flexibility index (Phi) is 1.39. The molecule has 0 spiro atoms. The van der Waals surface area contributed by atoms with E-state index < -0.39 is 0 Å². The Morgan fingerprint density at radius 3 is 3.27 bits per heavy atom. The van der Waals surface area contributed by atoms with E-state index in [-0.39, 0.29) is 0 Å². The summed E-state index contributed by atoms with van der Waals surface area (Å²) in [6, 6.07) is 2.41. The second-order valence-electron chi connectivity index (χ2n) is 2.72. The van der Waals surface area contributed by atoms with Crippen molar-refractivity contribution in [2.75, 3.05) is 5.32 Å². The summed E-state index contributed by atoms with van der Waals surface area (Å²) >= 11 is 1.70. The highest BCUT2D eigenvalue weighted by molar-refractivity contribution is 7.14. The van der Waals surface area contributed by atoms with Crippen LogP contribution in [0.25, 0.3) is 5.70 Å². The fraction of sp³-hybridized carbons (Fsp3) is 0.250. The lowest BCUT2D eigenvalue weighted by atomic mass is 10.1. The van der Waals surface area contributed by atoms with Crippen LogP contribution in [-0.2, 0) is 0 Å². The third-order valence-electron chi connectivity index (χ3n) is 1.76. The maximum atomic E-state index is 5.81. The van der Waals surface area contributed by atoms with Crippen molar-refractivity contribution in [3.05, 3.63) is 23.1 Å². The molecule has 1 aromatic heterocycles. The lowest BCUT2D eigenvalue weighted by Gasteiger charge is -2.18. The van der Waals surface area contributed by atoms with Crippen LogP contribution in [0.5, 0.6) is 0 Å². The van der Waals surface area contributed by atoms with Crippen LogP contribution in [0, 0.1) is 0 Å². The maximum Gasteiger partial charge on any atom is 0.0981 e. The van der Waals surface area contributed by atoms with Crippen molar-refractivity contribution in [3.8, 4) is 0 Å². The summed E-state index contributed by atoms with van der Waals surface area (Å²) in [5.41, 5.74) is 7.85. The molecule has 3 heteroatoms. The Morgan fingerprint density at radius 1 is 1.64 bits per heavy atom. The highest BCUT2D eigenvalue weighted by Gasteiger charge is 2.13. The smallest absolute Gasteiger partial charge is 0.0981 e. The van der Waals surface area contributed by atoms with Crippen LogP contribution in [0.4, 0.5) is 5.00 Å². The zero-order valence-electron chi connectivity index (χ0n) is 6.29. The average Bonchev–Trinajstić information content (AvgIpc) is 2.34. The molecule has 1 aliphatic heterocycles. The van der Waals surface area contributed by atoms with Gasteiger partial charge in [0.05, 0.1) is 5.00 Å². The lowest BCUT2D eigenvalue weighted by Crippen LogP contribution is -2.18. The van der Waals surface area contributed by atoms with Crippen LogP contribution < -0.4 is 11.1 Å². The summed E-state index contributed by atoms with van der Waals surface area (Å²) < 4.78 is 0. The Hall–Kier alpha value is -0.960. The Balaban J connectivity index is 2.50. The second kappa shape index (κ2) is 2.27. The molecule has 0 fully saturated rings. The van der Waals surface area contributed by atoms with E-state index in [1.807, 2.05) is 12.1 Å². The van der Waals surface area contributed by atoms with Crippen molar-refractivity contribution in [2.24, 2.45) is 5.73 Å². The molecule has 2 nitrogen and oxygen atoms in total. The van der Waals surface area contributed by atoms with Gasteiger partial charge in [0.1, 0.15) is 0 Å². The predicted molar refractivity (Wildman–Crippen MR) is 49.6 cm³/mol. The van der Waals surface area contributed by atoms with Crippen LogP contribution in [0.3, 0.4) is 0 Å². The molecule has 0 amide bonds. The van der Waals surface area contributed by atoms with E-state index in [2.05, 4.69) is 17.6 Å². The van der Waals surface area contributed by atoms with Gasteiger partial charge in [-0.2, -0.15) is 0 Å². The molecule has 0 aliphatic carbocycles. The van der Waals surface area contributed by atoms with Gasteiger partial charge in [-0.25, -0.2) is 0 Å². The quantitative estimate of drug-likeness (QED) is 0.617. The molecule has 0 saturated heterocycles. The maximum absolute atomic E-state index is 5.81. The first-order valence-electron chi connectivity index (χ1n) is 3.59. The Morgan fingerprint density at radius 2 is 2.45 bits per heavy atom. The summed E-state index contributed by atoms with van der Waals surface area (Å²) in [6.45, 7) is 2.09. The standard InChI is InChI=1S/C8H10N2S/c1-5-4-7(9)6-2-3-11-8(6)10-5/h2-5,10H,9H2,1H3. The van der Waals surface area contributed by atoms with Crippen molar-refractivity contribution < 1.29 is 0 Å². The van der Waals surface area contributed by atoms with Gasteiger partial charge in [-0.05, 0) is 24.4 Å². The summed E-state index contributed by atoms with van der Waals surface area (Å²) in [6.07, 6.45) is 2.04. The third-order valence-corrected chi connectivity index (χ3v) is 2.61. The molecule has 2 heterocycles. The topological polar surface area (TPSA) is 38.0 Å². The fourth-order valence-electron chi connectivity index (χ4n) is 1.26. The van der Waals surface area contributed by atoms with Crippen LogP contribution in [0.15, 0.2) is 17.5 Å². The van der Waals surface area contributed by atoms with E-state index in [9.17, 15) is 0 Å². The minimum atomic E-state index is 0.362. The predicted octanol–water partition coefficient (Wildman–Crippen LogP) is 1.86. The molecule has 2 rings (SSSR count). The van der Waals surface area contributed by atoms with Crippen molar-refractivity contribution >= 4 is 22.0 Å². The van der Waals surface area contributed by atoms with E-state index >= 15 is 0 Å². The van der Waals surface area contributed by atoms with Crippen molar-refractivity contribution in [2.45, 2.75) is 13.0 Å². The van der Waals surface area contributed by atoms with Gasteiger partial charge in [0.25, 0.3) is 0 Å². The fourth-order valence-corrected chi connectivity index (χ4v) is 2.16. The largest absolute Gasteiger partial charge is 0.398 e. The van der Waals surface area contributed by atoms with Crippen LogP contribution in [0.2, 0.25) is 0 Å². The molecular formula is C8H10N2S. The highest BCUT2D eigenvalue weighted by atomic mass is 32.1. The summed E-state index contributed by atoms with van der Waals surface area (Å²) in [5, 5.41) is 6.58. The number of nitrogens with one attached hydrogen (secondary N) is 1. The van der Waals surface area contributed by atoms with Gasteiger partial charge < -0.3 is 11.1 Å². The number of anilines is 1. The van der Waals surface area contributed by atoms with Crippen molar-refractivity contribution in [3.63, 3.8) is 0 Å². The first kappa shape index (κ1) is 6.73. The van der Waals surface area contributed by atoms with Crippen LogP contribution in [-0.4, -0.2) is 6.04 Å². The number of fused-ring (bicyclic) bond motifs is 1. The molecule has 0 radical (unpaired) electrons. The normalized spacial score (nSPS) is 21.9. The molecule has 1 aromatic rings. The van der Waals surface area contributed by atoms with Gasteiger partial charge in [-0.1, -0.05) is 0 Å². The van der Waals surface area contributed by atoms with Crippen LogP contribution in [0.1, 0.15) is 12.5 Å². The summed E-state index contributed by atoms with van der Waals surface area (Å²) in [5.74, 6) is 0. The summed E-state index contributed by atoms with van der Waals surface area (Å²) in [7, 11) is 0. The SMILES string of the molecule is CC1C=C(N)c2ccsc2N1. The van der Waals surface area contributed by atoms with E-state index in [0.29, 0.717) is 6.04 Å². The van der Waals surface area contributed by atoms with E-state index in [1.165, 1.54) is 5.00 Å². The molecule has 0 saturated carbocycles. The van der Waals surface area contributed by atoms with E-state index in [4.69, 9.17) is 5.73 Å². The monoisotopic (exact) mass is 166 g/mol. The van der Waals surface area contributed by atoms with Gasteiger partial charge in [-0.3, -0.25) is 0 Å². The molecule has 1 atom stereocenters. The zero-order chi connectivity index (χ0) is 7.84. The van der Waals surface area contributed by atoms with Crippen molar-refractivity contribution in [1.29, 1.82) is 0 Å². The molecule has 0 aromatic carbocycles. The molecule has 58 valence electrons. The summed E-state index contributed by atoms with van der Waals surface area (Å²) in [4.78, 5) is 0. The zero-order valence-corrected chi connectivity index (χ0v) is 7.11. The number of nitrogens with two attached hydrogens (primary N) is 1. The molecule has 1 aliphatic rings. The molecule has 11 heavy (non-hydrogen) atoms. The average molecular weight is 166 g/mol. The number of rotatable bonds is 0. The Bertz CT molecular complexity index is 301.